The fourth-order valence-electron chi connectivity index (χ4n) is 3.00. The molecule has 1 heteroatoms. The highest BCUT2D eigenvalue weighted by atomic mass is 16.3. The first kappa shape index (κ1) is 9.72. The van der Waals surface area contributed by atoms with Crippen LogP contribution < -0.4 is 0 Å². The first-order valence-electron chi connectivity index (χ1n) is 6.12. The fourth-order valence-corrected chi connectivity index (χ4v) is 3.00. The van der Waals surface area contributed by atoms with Gasteiger partial charge in [-0.2, -0.15) is 0 Å². The van der Waals surface area contributed by atoms with Crippen molar-refractivity contribution in [2.24, 2.45) is 0 Å². The van der Waals surface area contributed by atoms with Crippen LogP contribution in [-0.2, 0) is 0 Å². The standard InChI is InChI=1S/C17H12O/c1-10-11-7-4-8-14-12-5-2-3-6-13(12)15(17(11)14)9-16(10)18/h2-9,18H,1H3. The minimum Gasteiger partial charge on any atom is -0.508 e. The number of fused-ring (bicyclic) bond motifs is 3. The van der Waals surface area contributed by atoms with Crippen molar-refractivity contribution < 1.29 is 5.11 Å². The molecule has 0 unspecified atom stereocenters. The van der Waals surface area contributed by atoms with Gasteiger partial charge in [0.15, 0.2) is 0 Å². The number of phenols is 1. The van der Waals surface area contributed by atoms with Crippen molar-refractivity contribution in [1.82, 2.24) is 0 Å². The lowest BCUT2D eigenvalue weighted by Gasteiger charge is -2.07. The summed E-state index contributed by atoms with van der Waals surface area (Å²) in [7, 11) is 0. The molecule has 0 saturated heterocycles. The van der Waals surface area contributed by atoms with Gasteiger partial charge in [0.2, 0.25) is 0 Å². The van der Waals surface area contributed by atoms with E-state index in [1.165, 1.54) is 22.1 Å². The maximum atomic E-state index is 10.1. The van der Waals surface area contributed by atoms with E-state index in [1.54, 1.807) is 0 Å². The van der Waals surface area contributed by atoms with Crippen molar-refractivity contribution in [3.63, 3.8) is 0 Å². The lowest BCUT2D eigenvalue weighted by atomic mass is 9.98. The predicted octanol–water partition coefficient (Wildman–Crippen LogP) is 4.50. The van der Waals surface area contributed by atoms with Gasteiger partial charge in [0.25, 0.3) is 0 Å². The lowest BCUT2D eigenvalue weighted by molar-refractivity contribution is 0.472. The molecule has 1 nitrogen and oxygen atoms in total. The van der Waals surface area contributed by atoms with Crippen molar-refractivity contribution in [2.75, 3.05) is 0 Å². The second-order valence-corrected chi connectivity index (χ2v) is 4.84. The molecule has 0 saturated carbocycles. The number of phenolic OH excluding ortho intramolecular Hbond substituents is 1. The van der Waals surface area contributed by atoms with Gasteiger partial charge in [-0.3, -0.25) is 0 Å². The molecule has 1 N–H and O–H groups in total. The second kappa shape index (κ2) is 3.14. The van der Waals surface area contributed by atoms with E-state index in [0.29, 0.717) is 5.75 Å². The summed E-state index contributed by atoms with van der Waals surface area (Å²) >= 11 is 0. The Morgan fingerprint density at radius 3 is 2.22 bits per heavy atom. The highest BCUT2D eigenvalue weighted by Gasteiger charge is 2.22. The monoisotopic (exact) mass is 232 g/mol. The Balaban J connectivity index is 2.31. The van der Waals surface area contributed by atoms with Crippen LogP contribution in [0.4, 0.5) is 0 Å². The lowest BCUT2D eigenvalue weighted by Crippen LogP contribution is -1.82. The van der Waals surface area contributed by atoms with Gasteiger partial charge in [-0.25, -0.2) is 0 Å². The molecule has 3 aromatic carbocycles. The minimum atomic E-state index is 0.381. The van der Waals surface area contributed by atoms with Gasteiger partial charge in [0.05, 0.1) is 0 Å². The molecule has 1 aliphatic rings. The van der Waals surface area contributed by atoms with Crippen LogP contribution in [0.3, 0.4) is 0 Å². The molecule has 0 heterocycles. The summed E-state index contributed by atoms with van der Waals surface area (Å²) in [4.78, 5) is 0. The van der Waals surface area contributed by atoms with E-state index >= 15 is 0 Å². The van der Waals surface area contributed by atoms with E-state index in [0.717, 1.165) is 16.5 Å². The number of benzene rings is 3. The third-order valence-corrected chi connectivity index (χ3v) is 3.91. The molecule has 0 spiro atoms. The number of rotatable bonds is 0. The summed E-state index contributed by atoms with van der Waals surface area (Å²) in [5.41, 5.74) is 5.88. The molecule has 18 heavy (non-hydrogen) atoms. The van der Waals surface area contributed by atoms with Crippen LogP contribution in [0.15, 0.2) is 48.5 Å². The normalized spacial score (nSPS) is 11.8. The maximum absolute atomic E-state index is 10.1. The Bertz CT molecular complexity index is 800. The highest BCUT2D eigenvalue weighted by Crippen LogP contribution is 2.49. The average molecular weight is 232 g/mol. The SMILES string of the molecule is Cc1c(O)cc2c3c(cccc13)-c1ccccc1-2. The predicted molar refractivity (Wildman–Crippen MR) is 74.8 cm³/mol. The van der Waals surface area contributed by atoms with E-state index in [9.17, 15) is 5.11 Å². The van der Waals surface area contributed by atoms with Gasteiger partial charge in [-0.1, -0.05) is 42.5 Å². The van der Waals surface area contributed by atoms with Crippen LogP contribution in [0, 0.1) is 6.92 Å². The average Bonchev–Trinajstić information content (AvgIpc) is 2.72. The van der Waals surface area contributed by atoms with Crippen molar-refractivity contribution in [3.8, 4) is 28.0 Å². The topological polar surface area (TPSA) is 20.2 Å². The van der Waals surface area contributed by atoms with Crippen LogP contribution in [0.5, 0.6) is 5.75 Å². The Morgan fingerprint density at radius 2 is 1.44 bits per heavy atom. The van der Waals surface area contributed by atoms with Crippen molar-refractivity contribution in [2.45, 2.75) is 6.92 Å². The van der Waals surface area contributed by atoms with Crippen molar-refractivity contribution >= 4 is 10.8 Å². The largest absolute Gasteiger partial charge is 0.508 e. The molecular weight excluding hydrogens is 220 g/mol. The molecule has 0 aromatic heterocycles. The molecule has 3 aromatic rings. The summed E-state index contributed by atoms with van der Waals surface area (Å²) in [6, 6.07) is 16.6. The molecule has 0 aliphatic heterocycles. The minimum absolute atomic E-state index is 0.381. The molecular formula is C17H12O. The quantitative estimate of drug-likeness (QED) is 0.473. The highest BCUT2D eigenvalue weighted by molar-refractivity contribution is 6.16. The van der Waals surface area contributed by atoms with Gasteiger partial charge < -0.3 is 5.11 Å². The zero-order valence-corrected chi connectivity index (χ0v) is 10.1. The molecule has 1 aliphatic carbocycles. The Morgan fingerprint density at radius 1 is 0.778 bits per heavy atom. The molecule has 4 rings (SSSR count). The van der Waals surface area contributed by atoms with E-state index in [-0.39, 0.29) is 0 Å². The van der Waals surface area contributed by atoms with Gasteiger partial charge in [-0.05, 0) is 51.6 Å². The van der Waals surface area contributed by atoms with Crippen LogP contribution in [0.2, 0.25) is 0 Å². The van der Waals surface area contributed by atoms with Gasteiger partial charge in [0.1, 0.15) is 5.75 Å². The summed E-state index contributed by atoms with van der Waals surface area (Å²) in [5, 5.41) is 12.5. The Labute approximate surface area is 105 Å². The third kappa shape index (κ3) is 1.02. The van der Waals surface area contributed by atoms with E-state index in [1.807, 2.05) is 19.1 Å². The van der Waals surface area contributed by atoms with E-state index < -0.39 is 0 Å². The van der Waals surface area contributed by atoms with Crippen LogP contribution >= 0.6 is 0 Å². The molecule has 0 radical (unpaired) electrons. The third-order valence-electron chi connectivity index (χ3n) is 3.91. The number of aromatic hydroxyl groups is 1. The van der Waals surface area contributed by atoms with Gasteiger partial charge in [-0.15, -0.1) is 0 Å². The molecule has 86 valence electrons. The first-order valence-corrected chi connectivity index (χ1v) is 6.12. The molecule has 0 amide bonds. The molecule has 0 bridgehead atoms. The van der Waals surface area contributed by atoms with Crippen molar-refractivity contribution in [3.05, 3.63) is 54.1 Å². The maximum Gasteiger partial charge on any atom is 0.119 e. The fraction of sp³-hybridized carbons (Fsp3) is 0.0588. The summed E-state index contributed by atoms with van der Waals surface area (Å²) in [5.74, 6) is 0.381. The Kier molecular flexibility index (Phi) is 1.69. The summed E-state index contributed by atoms with van der Waals surface area (Å²) in [6.45, 7) is 1.97. The van der Waals surface area contributed by atoms with E-state index in [2.05, 4.69) is 36.4 Å². The Hall–Kier alpha value is -2.28. The van der Waals surface area contributed by atoms with Gasteiger partial charge in [0, 0.05) is 0 Å². The summed E-state index contributed by atoms with van der Waals surface area (Å²) in [6.07, 6.45) is 0. The van der Waals surface area contributed by atoms with Gasteiger partial charge >= 0.3 is 0 Å². The molecule has 0 fully saturated rings. The number of hydrogen-bond donors (Lipinski definition) is 1. The van der Waals surface area contributed by atoms with E-state index in [4.69, 9.17) is 0 Å². The van der Waals surface area contributed by atoms with Crippen LogP contribution in [0.25, 0.3) is 33.0 Å². The number of hydrogen-bond acceptors (Lipinski definition) is 1. The van der Waals surface area contributed by atoms with Crippen molar-refractivity contribution in [1.29, 1.82) is 0 Å². The zero-order valence-electron chi connectivity index (χ0n) is 10.1. The smallest absolute Gasteiger partial charge is 0.119 e. The summed E-state index contributed by atoms with van der Waals surface area (Å²) < 4.78 is 0. The first-order chi connectivity index (χ1) is 8.77. The van der Waals surface area contributed by atoms with Crippen LogP contribution in [0.1, 0.15) is 5.56 Å². The second-order valence-electron chi connectivity index (χ2n) is 4.84. The van der Waals surface area contributed by atoms with Crippen LogP contribution in [-0.4, -0.2) is 5.11 Å². The molecule has 0 atom stereocenters. The zero-order chi connectivity index (χ0) is 12.3. The number of aryl methyl sites for hydroxylation is 1.